The second-order valence-electron chi connectivity index (χ2n) is 4.99. The normalized spacial score (nSPS) is 20.6. The van der Waals surface area contributed by atoms with Crippen LogP contribution < -0.4 is 10.2 Å². The number of rotatable bonds is 1. The Kier molecular flexibility index (Phi) is 2.10. The third-order valence-corrected chi connectivity index (χ3v) is 4.59. The number of aromatic nitrogens is 1. The summed E-state index contributed by atoms with van der Waals surface area (Å²) in [6.07, 6.45) is 1.01. The molecule has 2 heterocycles. The number of anilines is 1. The monoisotopic (exact) mass is 287 g/mol. The molecule has 2 aliphatic rings. The lowest BCUT2D eigenvalue weighted by molar-refractivity contribution is -0.136. The molecule has 4 amide bonds. The molecule has 6 nitrogen and oxygen atoms in total. The van der Waals surface area contributed by atoms with Gasteiger partial charge in [-0.05, 0) is 31.0 Å². The third-order valence-electron chi connectivity index (χ3n) is 3.79. The molecular weight excluding hydrogens is 278 g/mol. The number of imide groups is 2. The fourth-order valence-electron chi connectivity index (χ4n) is 2.46. The SMILES string of the molecule is O=C1NC(=O)C2(CC2)C(=O)N1c1ccc2ncsc2c1. The summed E-state index contributed by atoms with van der Waals surface area (Å²) in [6.45, 7) is 0. The maximum Gasteiger partial charge on any atom is 0.335 e. The van der Waals surface area contributed by atoms with Gasteiger partial charge in [0.05, 0.1) is 21.4 Å². The van der Waals surface area contributed by atoms with E-state index in [0.717, 1.165) is 15.1 Å². The van der Waals surface area contributed by atoms with E-state index in [4.69, 9.17) is 0 Å². The van der Waals surface area contributed by atoms with E-state index in [9.17, 15) is 14.4 Å². The fraction of sp³-hybridized carbons (Fsp3) is 0.231. The van der Waals surface area contributed by atoms with Gasteiger partial charge in [0.2, 0.25) is 5.91 Å². The van der Waals surface area contributed by atoms with E-state index in [1.54, 1.807) is 23.7 Å². The molecule has 0 atom stereocenters. The van der Waals surface area contributed by atoms with Gasteiger partial charge in [0.25, 0.3) is 5.91 Å². The number of hydrogen-bond donors (Lipinski definition) is 1. The number of thiazole rings is 1. The van der Waals surface area contributed by atoms with Crippen LogP contribution in [0.4, 0.5) is 10.5 Å². The van der Waals surface area contributed by atoms with Crippen molar-refractivity contribution in [2.75, 3.05) is 4.90 Å². The van der Waals surface area contributed by atoms with Crippen molar-refractivity contribution in [3.05, 3.63) is 23.7 Å². The van der Waals surface area contributed by atoms with Gasteiger partial charge in [-0.1, -0.05) is 0 Å². The molecule has 100 valence electrons. The molecule has 0 unspecified atom stereocenters. The molecule has 1 saturated heterocycles. The number of carbonyl (C=O) groups is 3. The maximum absolute atomic E-state index is 12.4. The second-order valence-corrected chi connectivity index (χ2v) is 5.87. The highest BCUT2D eigenvalue weighted by molar-refractivity contribution is 7.16. The molecule has 2 aromatic rings. The Morgan fingerprint density at radius 2 is 2.05 bits per heavy atom. The van der Waals surface area contributed by atoms with Gasteiger partial charge < -0.3 is 0 Å². The standard InChI is InChI=1S/C13H9N3O3S/c17-10-13(3-4-13)11(18)16(12(19)15-10)7-1-2-8-9(5-7)20-6-14-8/h1-2,5-6H,3-4H2,(H,15,17,19). The van der Waals surface area contributed by atoms with E-state index < -0.39 is 23.3 Å². The Morgan fingerprint density at radius 3 is 2.80 bits per heavy atom. The molecule has 1 aromatic carbocycles. The van der Waals surface area contributed by atoms with E-state index in [1.165, 1.54) is 11.3 Å². The molecule has 20 heavy (non-hydrogen) atoms. The van der Waals surface area contributed by atoms with E-state index >= 15 is 0 Å². The summed E-state index contributed by atoms with van der Waals surface area (Å²) < 4.78 is 0.893. The Balaban J connectivity index is 1.81. The first-order valence-corrected chi connectivity index (χ1v) is 7.03. The highest BCUT2D eigenvalue weighted by atomic mass is 32.1. The number of fused-ring (bicyclic) bond motifs is 1. The molecular formula is C13H9N3O3S. The molecule has 1 aromatic heterocycles. The Morgan fingerprint density at radius 1 is 1.25 bits per heavy atom. The van der Waals surface area contributed by atoms with Crippen molar-refractivity contribution in [1.82, 2.24) is 10.3 Å². The maximum atomic E-state index is 12.4. The molecule has 0 bridgehead atoms. The highest BCUT2D eigenvalue weighted by Crippen LogP contribution is 2.49. The minimum Gasteiger partial charge on any atom is -0.276 e. The van der Waals surface area contributed by atoms with Crippen LogP contribution in [0.2, 0.25) is 0 Å². The summed E-state index contributed by atoms with van der Waals surface area (Å²) in [6, 6.07) is 4.50. The van der Waals surface area contributed by atoms with Gasteiger partial charge in [0.15, 0.2) is 0 Å². The van der Waals surface area contributed by atoms with Gasteiger partial charge in [-0.15, -0.1) is 11.3 Å². The molecule has 1 N–H and O–H groups in total. The minimum atomic E-state index is -1.02. The zero-order chi connectivity index (χ0) is 13.9. The minimum absolute atomic E-state index is 0.421. The molecule has 4 rings (SSSR count). The van der Waals surface area contributed by atoms with Crippen molar-refractivity contribution in [2.24, 2.45) is 5.41 Å². The number of barbiturate groups is 1. The Hall–Kier alpha value is -2.28. The number of nitrogens with zero attached hydrogens (tertiary/aromatic N) is 2. The molecule has 2 fully saturated rings. The van der Waals surface area contributed by atoms with Gasteiger partial charge in [-0.2, -0.15) is 0 Å². The zero-order valence-corrected chi connectivity index (χ0v) is 11.1. The quantitative estimate of drug-likeness (QED) is 0.809. The first-order chi connectivity index (χ1) is 9.62. The number of amides is 4. The highest BCUT2D eigenvalue weighted by Gasteiger charge is 2.62. The summed E-state index contributed by atoms with van der Waals surface area (Å²) in [4.78, 5) is 41.4. The van der Waals surface area contributed by atoms with Crippen molar-refractivity contribution in [3.63, 3.8) is 0 Å². The lowest BCUT2D eigenvalue weighted by Crippen LogP contribution is -2.59. The van der Waals surface area contributed by atoms with E-state index in [1.807, 2.05) is 0 Å². The average Bonchev–Trinajstić information content (AvgIpc) is 3.10. The first kappa shape index (κ1) is 11.5. The van der Waals surface area contributed by atoms with Crippen LogP contribution in [0.1, 0.15) is 12.8 Å². The van der Waals surface area contributed by atoms with Gasteiger partial charge in [-0.3, -0.25) is 14.9 Å². The van der Waals surface area contributed by atoms with Gasteiger partial charge >= 0.3 is 6.03 Å². The van der Waals surface area contributed by atoms with Crippen LogP contribution in [0, 0.1) is 5.41 Å². The third kappa shape index (κ3) is 1.38. The number of nitrogens with one attached hydrogen (secondary N) is 1. The van der Waals surface area contributed by atoms with Crippen LogP contribution in [-0.4, -0.2) is 22.8 Å². The number of carbonyl (C=O) groups excluding carboxylic acids is 3. The van der Waals surface area contributed by atoms with Crippen LogP contribution in [0.3, 0.4) is 0 Å². The molecule has 1 saturated carbocycles. The largest absolute Gasteiger partial charge is 0.335 e. The molecule has 1 spiro atoms. The van der Waals surface area contributed by atoms with Crippen molar-refractivity contribution >= 4 is 45.1 Å². The topological polar surface area (TPSA) is 79.4 Å². The predicted octanol–water partition coefficient (Wildman–Crippen LogP) is 1.66. The number of benzene rings is 1. The van der Waals surface area contributed by atoms with E-state index in [0.29, 0.717) is 18.5 Å². The molecule has 1 aliphatic carbocycles. The predicted molar refractivity (Wildman–Crippen MR) is 72.3 cm³/mol. The smallest absolute Gasteiger partial charge is 0.276 e. The van der Waals surface area contributed by atoms with E-state index in [-0.39, 0.29) is 0 Å². The summed E-state index contributed by atoms with van der Waals surface area (Å²) in [5, 5.41) is 2.27. The van der Waals surface area contributed by atoms with Crippen LogP contribution in [0.5, 0.6) is 0 Å². The second kappa shape index (κ2) is 3.63. The Labute approximate surface area is 117 Å². The van der Waals surface area contributed by atoms with Crippen molar-refractivity contribution in [3.8, 4) is 0 Å². The first-order valence-electron chi connectivity index (χ1n) is 6.15. The van der Waals surface area contributed by atoms with Crippen molar-refractivity contribution in [2.45, 2.75) is 12.8 Å². The van der Waals surface area contributed by atoms with Crippen LogP contribution in [0.25, 0.3) is 10.2 Å². The lowest BCUT2D eigenvalue weighted by atomic mass is 10.0. The van der Waals surface area contributed by atoms with E-state index in [2.05, 4.69) is 10.3 Å². The van der Waals surface area contributed by atoms with Crippen LogP contribution >= 0.6 is 11.3 Å². The molecule has 0 radical (unpaired) electrons. The van der Waals surface area contributed by atoms with Gasteiger partial charge in [-0.25, -0.2) is 14.7 Å². The number of urea groups is 1. The van der Waals surface area contributed by atoms with Gasteiger partial charge in [0, 0.05) is 0 Å². The molecule has 7 heteroatoms. The lowest BCUT2D eigenvalue weighted by Gasteiger charge is -2.30. The van der Waals surface area contributed by atoms with Gasteiger partial charge in [0.1, 0.15) is 5.41 Å². The summed E-state index contributed by atoms with van der Waals surface area (Å²) in [5.41, 5.74) is 1.98. The van der Waals surface area contributed by atoms with Crippen molar-refractivity contribution in [1.29, 1.82) is 0 Å². The van der Waals surface area contributed by atoms with Crippen LogP contribution in [0.15, 0.2) is 23.7 Å². The zero-order valence-electron chi connectivity index (χ0n) is 10.3. The average molecular weight is 287 g/mol. The Bertz CT molecular complexity index is 778. The van der Waals surface area contributed by atoms with Crippen LogP contribution in [-0.2, 0) is 9.59 Å². The fourth-order valence-corrected chi connectivity index (χ4v) is 3.17. The summed E-state index contributed by atoms with van der Waals surface area (Å²) in [5.74, 6) is -0.891. The summed E-state index contributed by atoms with van der Waals surface area (Å²) >= 11 is 1.44. The number of hydrogen-bond acceptors (Lipinski definition) is 5. The van der Waals surface area contributed by atoms with Crippen molar-refractivity contribution < 1.29 is 14.4 Å². The summed E-state index contributed by atoms with van der Waals surface area (Å²) in [7, 11) is 0. The molecule has 1 aliphatic heterocycles.